The number of carbonyl (C=O) groups is 1. The summed E-state index contributed by atoms with van der Waals surface area (Å²) < 4.78 is 26.9. The van der Waals surface area contributed by atoms with Gasteiger partial charge in [-0.3, -0.25) is 4.79 Å². The van der Waals surface area contributed by atoms with E-state index < -0.39 is 11.6 Å². The van der Waals surface area contributed by atoms with Gasteiger partial charge in [-0.2, -0.15) is 0 Å². The Hall–Kier alpha value is -1.20. The molecule has 116 valence electrons. The molecule has 0 radical (unpaired) electrons. The van der Waals surface area contributed by atoms with Gasteiger partial charge in [0.25, 0.3) is 0 Å². The molecule has 0 heterocycles. The number of benzene rings is 1. The van der Waals surface area contributed by atoms with E-state index in [2.05, 4.69) is 5.32 Å². The molecule has 0 saturated heterocycles. The van der Waals surface area contributed by atoms with Gasteiger partial charge < -0.3 is 11.1 Å². The normalized spacial score (nSPS) is 24.9. The van der Waals surface area contributed by atoms with Crippen LogP contribution < -0.4 is 11.1 Å². The van der Waals surface area contributed by atoms with Crippen LogP contribution in [-0.4, -0.2) is 18.5 Å². The second kappa shape index (κ2) is 6.28. The number of amides is 1. The van der Waals surface area contributed by atoms with E-state index in [-0.39, 0.29) is 36.2 Å². The molecule has 2 fully saturated rings. The minimum Gasteiger partial charge on any atom is -0.352 e. The Kier molecular flexibility index (Phi) is 4.84. The van der Waals surface area contributed by atoms with E-state index in [0.29, 0.717) is 24.4 Å². The van der Waals surface area contributed by atoms with Crippen molar-refractivity contribution in [1.82, 2.24) is 5.32 Å². The lowest BCUT2D eigenvalue weighted by Crippen LogP contribution is -2.42. The molecule has 2 aliphatic rings. The molecule has 3 N–H and O–H groups in total. The monoisotopic (exact) mass is 316 g/mol. The van der Waals surface area contributed by atoms with Crippen LogP contribution in [0, 0.1) is 23.5 Å². The van der Waals surface area contributed by atoms with Crippen LogP contribution >= 0.6 is 12.4 Å². The lowest BCUT2D eigenvalue weighted by Gasteiger charge is -2.16. The summed E-state index contributed by atoms with van der Waals surface area (Å²) in [5.41, 5.74) is 5.95. The van der Waals surface area contributed by atoms with Gasteiger partial charge in [-0.25, -0.2) is 8.78 Å². The number of rotatable bonds is 5. The van der Waals surface area contributed by atoms with Crippen LogP contribution in [0.4, 0.5) is 8.78 Å². The average molecular weight is 317 g/mol. The predicted octanol–water partition coefficient (Wildman–Crippen LogP) is 2.34. The number of halogens is 3. The highest BCUT2D eigenvalue weighted by molar-refractivity contribution is 5.85. The number of hydrogen-bond donors (Lipinski definition) is 2. The number of nitrogens with two attached hydrogens (primary N) is 1. The fraction of sp³-hybridized carbons (Fsp3) is 0.533. The van der Waals surface area contributed by atoms with Crippen LogP contribution in [0.3, 0.4) is 0 Å². The van der Waals surface area contributed by atoms with Crippen molar-refractivity contribution >= 4 is 18.3 Å². The fourth-order valence-electron chi connectivity index (χ4n) is 2.79. The summed E-state index contributed by atoms with van der Waals surface area (Å²) in [6.45, 7) is 0.433. The van der Waals surface area contributed by atoms with Gasteiger partial charge in [0.15, 0.2) is 11.6 Å². The summed E-state index contributed by atoms with van der Waals surface area (Å²) >= 11 is 0. The van der Waals surface area contributed by atoms with Crippen molar-refractivity contribution < 1.29 is 13.6 Å². The molecule has 3 nitrogen and oxygen atoms in total. The van der Waals surface area contributed by atoms with Crippen LogP contribution in [0.1, 0.15) is 30.7 Å². The first kappa shape index (κ1) is 16.2. The molecule has 3 rings (SSSR count). The third-order valence-electron chi connectivity index (χ3n) is 4.28. The summed E-state index contributed by atoms with van der Waals surface area (Å²) in [7, 11) is 0. The molecule has 1 aromatic rings. The summed E-state index contributed by atoms with van der Waals surface area (Å²) in [5, 5.41) is 2.94. The lowest BCUT2D eigenvalue weighted by molar-refractivity contribution is -0.123. The van der Waals surface area contributed by atoms with Crippen LogP contribution in [-0.2, 0) is 4.79 Å². The Morgan fingerprint density at radius 1 is 1.38 bits per heavy atom. The van der Waals surface area contributed by atoms with Gasteiger partial charge in [-0.15, -0.1) is 12.4 Å². The molecule has 0 aromatic heterocycles. The zero-order valence-electron chi connectivity index (χ0n) is 11.5. The summed E-state index contributed by atoms with van der Waals surface area (Å²) in [4.78, 5) is 12.1. The molecule has 2 aliphatic carbocycles. The highest BCUT2D eigenvalue weighted by Crippen LogP contribution is 2.48. The lowest BCUT2D eigenvalue weighted by atomic mass is 10.1. The zero-order chi connectivity index (χ0) is 14.3. The molecule has 0 bridgehead atoms. The molecule has 21 heavy (non-hydrogen) atoms. The summed E-state index contributed by atoms with van der Waals surface area (Å²) in [6, 6.07) is 4.15. The van der Waals surface area contributed by atoms with Crippen LogP contribution in [0.2, 0.25) is 0 Å². The van der Waals surface area contributed by atoms with Crippen LogP contribution in [0.15, 0.2) is 18.2 Å². The molecule has 0 spiro atoms. The number of nitrogens with one attached hydrogen (secondary N) is 1. The van der Waals surface area contributed by atoms with Crippen molar-refractivity contribution in [1.29, 1.82) is 0 Å². The maximum Gasteiger partial charge on any atom is 0.224 e. The summed E-state index contributed by atoms with van der Waals surface area (Å²) in [5.74, 6) is -1.73. The van der Waals surface area contributed by atoms with E-state index in [1.165, 1.54) is 6.07 Å². The van der Waals surface area contributed by atoms with Crippen molar-refractivity contribution in [2.24, 2.45) is 17.6 Å². The SMILES string of the molecule is Cl.NCC(NC(=O)C1CC1c1cccc(F)c1F)C1CC1. The Morgan fingerprint density at radius 3 is 2.71 bits per heavy atom. The van der Waals surface area contributed by atoms with E-state index in [1.807, 2.05) is 0 Å². The van der Waals surface area contributed by atoms with E-state index >= 15 is 0 Å². The first-order chi connectivity index (χ1) is 9.61. The van der Waals surface area contributed by atoms with Gasteiger partial charge in [-0.05, 0) is 42.7 Å². The Labute approximate surface area is 128 Å². The first-order valence-corrected chi connectivity index (χ1v) is 7.06. The number of carbonyl (C=O) groups excluding carboxylic acids is 1. The Morgan fingerprint density at radius 2 is 2.10 bits per heavy atom. The molecule has 3 atom stereocenters. The molecular formula is C15H19ClF2N2O. The van der Waals surface area contributed by atoms with Gasteiger partial charge in [0.2, 0.25) is 5.91 Å². The largest absolute Gasteiger partial charge is 0.352 e. The molecule has 2 saturated carbocycles. The molecular weight excluding hydrogens is 298 g/mol. The van der Waals surface area contributed by atoms with E-state index in [9.17, 15) is 13.6 Å². The smallest absolute Gasteiger partial charge is 0.224 e. The molecule has 3 unspecified atom stereocenters. The van der Waals surface area contributed by atoms with Crippen molar-refractivity contribution in [2.75, 3.05) is 6.54 Å². The third kappa shape index (κ3) is 3.35. The third-order valence-corrected chi connectivity index (χ3v) is 4.28. The van der Waals surface area contributed by atoms with Crippen molar-refractivity contribution in [2.45, 2.75) is 31.2 Å². The molecule has 1 amide bonds. The zero-order valence-corrected chi connectivity index (χ0v) is 12.3. The molecule has 1 aromatic carbocycles. The van der Waals surface area contributed by atoms with Crippen LogP contribution in [0.25, 0.3) is 0 Å². The predicted molar refractivity (Wildman–Crippen MR) is 78.2 cm³/mol. The van der Waals surface area contributed by atoms with Crippen molar-refractivity contribution in [3.63, 3.8) is 0 Å². The summed E-state index contributed by atoms with van der Waals surface area (Å²) in [6.07, 6.45) is 2.79. The number of hydrogen-bond acceptors (Lipinski definition) is 2. The molecule has 0 aliphatic heterocycles. The van der Waals surface area contributed by atoms with Gasteiger partial charge in [-0.1, -0.05) is 12.1 Å². The van der Waals surface area contributed by atoms with Gasteiger partial charge in [0, 0.05) is 18.5 Å². The average Bonchev–Trinajstić information content (AvgIpc) is 3.30. The topological polar surface area (TPSA) is 55.1 Å². The standard InChI is InChI=1S/C15H18F2N2O.ClH/c16-12-3-1-2-9(14(12)17)10-6-11(10)15(20)19-13(7-18)8-4-5-8;/h1-3,8,10-11,13H,4-7,18H2,(H,19,20);1H. The highest BCUT2D eigenvalue weighted by atomic mass is 35.5. The maximum absolute atomic E-state index is 13.7. The van der Waals surface area contributed by atoms with Gasteiger partial charge >= 0.3 is 0 Å². The maximum atomic E-state index is 13.7. The van der Waals surface area contributed by atoms with E-state index in [0.717, 1.165) is 18.9 Å². The minimum atomic E-state index is -0.855. The van der Waals surface area contributed by atoms with Gasteiger partial charge in [0.1, 0.15) is 0 Å². The van der Waals surface area contributed by atoms with E-state index in [1.54, 1.807) is 6.07 Å². The first-order valence-electron chi connectivity index (χ1n) is 7.06. The van der Waals surface area contributed by atoms with E-state index in [4.69, 9.17) is 5.73 Å². The van der Waals surface area contributed by atoms with Gasteiger partial charge in [0.05, 0.1) is 0 Å². The van der Waals surface area contributed by atoms with Crippen molar-refractivity contribution in [3.05, 3.63) is 35.4 Å². The second-order valence-electron chi connectivity index (χ2n) is 5.78. The Balaban J connectivity index is 0.00000161. The highest BCUT2D eigenvalue weighted by Gasteiger charge is 2.46. The van der Waals surface area contributed by atoms with Crippen LogP contribution in [0.5, 0.6) is 0 Å². The molecule has 6 heteroatoms. The Bertz CT molecular complexity index is 536. The second-order valence-corrected chi connectivity index (χ2v) is 5.78. The minimum absolute atomic E-state index is 0. The quantitative estimate of drug-likeness (QED) is 0.876. The fourth-order valence-corrected chi connectivity index (χ4v) is 2.79. The van der Waals surface area contributed by atoms with Crippen molar-refractivity contribution in [3.8, 4) is 0 Å².